The van der Waals surface area contributed by atoms with E-state index in [1.807, 2.05) is 89.2 Å². The van der Waals surface area contributed by atoms with Crippen molar-refractivity contribution in [2.45, 2.75) is 180 Å². The molecule has 12 atom stereocenters. The van der Waals surface area contributed by atoms with Crippen LogP contribution in [-0.4, -0.2) is 174 Å². The van der Waals surface area contributed by atoms with Crippen molar-refractivity contribution in [3.05, 3.63) is 125 Å². The third-order valence-electron chi connectivity index (χ3n) is 18.3. The number of piperazine rings is 1. The summed E-state index contributed by atoms with van der Waals surface area (Å²) in [6.07, 6.45) is 5.77. The summed E-state index contributed by atoms with van der Waals surface area (Å²) in [5, 5.41) is 41.0. The number of aliphatic hydroxyl groups is 3. The maximum absolute atomic E-state index is 14.3. The van der Waals surface area contributed by atoms with Crippen molar-refractivity contribution in [2.75, 3.05) is 58.9 Å². The fourth-order valence-corrected chi connectivity index (χ4v) is 12.4. The summed E-state index contributed by atoms with van der Waals surface area (Å²) < 4.78 is 35.5. The van der Waals surface area contributed by atoms with Gasteiger partial charge in [0.15, 0.2) is 6.10 Å². The van der Waals surface area contributed by atoms with Gasteiger partial charge in [-0.25, -0.2) is 9.59 Å². The van der Waals surface area contributed by atoms with E-state index in [2.05, 4.69) is 28.1 Å². The Morgan fingerprint density at radius 2 is 1.57 bits per heavy atom. The van der Waals surface area contributed by atoms with Crippen molar-refractivity contribution in [3.8, 4) is 11.1 Å². The van der Waals surface area contributed by atoms with Gasteiger partial charge in [-0.2, -0.15) is 0 Å². The number of fused-ring (bicyclic) bond motifs is 3. The molecule has 2 saturated heterocycles. The second kappa shape index (κ2) is 31.2. The third kappa shape index (κ3) is 18.8. The molecule has 0 aromatic heterocycles. The Kier molecular flexibility index (Phi) is 24.4. The predicted octanol–water partition coefficient (Wildman–Crippen LogP) is 8.66. The first kappa shape index (κ1) is 69.5. The summed E-state index contributed by atoms with van der Waals surface area (Å²) >= 11 is 0. The molecule has 0 radical (unpaired) electrons. The van der Waals surface area contributed by atoms with Crippen molar-refractivity contribution in [2.24, 2.45) is 17.8 Å². The Bertz CT molecular complexity index is 2960. The number of nitrogens with one attached hydrogen (secondary N) is 3. The number of amides is 4. The maximum atomic E-state index is 14.3. The third-order valence-corrected chi connectivity index (χ3v) is 18.3. The first-order valence-corrected chi connectivity index (χ1v) is 31.5. The second-order valence-electron chi connectivity index (χ2n) is 25.6. The van der Waals surface area contributed by atoms with Crippen molar-refractivity contribution in [3.63, 3.8) is 0 Å². The average Bonchev–Trinajstić information content (AvgIpc) is 1.98. The summed E-state index contributed by atoms with van der Waals surface area (Å²) in [4.78, 5) is 82.0. The molecule has 3 aromatic carbocycles. The number of carbonyl (C=O) groups excluding carboxylic acids is 6. The van der Waals surface area contributed by atoms with Gasteiger partial charge in [0, 0.05) is 49.0 Å². The fraction of sp³-hybridized carbons (Fsp3) is 0.565. The highest BCUT2D eigenvalue weighted by molar-refractivity contribution is 5.98. The quantitative estimate of drug-likeness (QED) is 0.0122. The number of anilines is 1. The molecule has 20 nitrogen and oxygen atoms in total. The van der Waals surface area contributed by atoms with E-state index in [9.17, 15) is 44.1 Å². The van der Waals surface area contributed by atoms with Crippen LogP contribution in [0.1, 0.15) is 130 Å². The number of quaternary nitrogens is 1. The van der Waals surface area contributed by atoms with E-state index < -0.39 is 83.6 Å². The SMILES string of the molecule is CC[C@H](O)[C@@H](C)[C@H]1O[C@@H]1CC(C)(O)/C=C/C=C(\C)[C@H]1OC(=O)C[C@H](O)CC[C@@](C)(OC)[C@@H](OC(=O)N2CC[N+](CCCC(=O)OC)(Cc3ccc(NC(=O)C(C)NC(=O)C(NC(=O)OCC4c5ccccc5-c5ccccc54)C(C)C)cc3)CC2)/C=C/[C@@H]1C. The predicted molar refractivity (Wildman–Crippen MR) is 337 cm³/mol. The number of methoxy groups -OCH3 is 2. The lowest BCUT2D eigenvalue weighted by molar-refractivity contribution is -0.944. The Hall–Kier alpha value is -6.94. The summed E-state index contributed by atoms with van der Waals surface area (Å²) in [6.45, 7) is 19.2. The number of ether oxygens (including phenoxy) is 6. The molecule has 89 heavy (non-hydrogen) atoms. The molecule has 486 valence electrons. The number of hydrogen-bond acceptors (Lipinski definition) is 15. The molecule has 2 fully saturated rings. The molecule has 6 N–H and O–H groups in total. The van der Waals surface area contributed by atoms with E-state index in [4.69, 9.17) is 28.4 Å². The minimum Gasteiger partial charge on any atom is -0.469 e. The summed E-state index contributed by atoms with van der Waals surface area (Å²) in [6, 6.07) is 21.5. The normalized spacial score (nSPS) is 25.3. The van der Waals surface area contributed by atoms with Crippen LogP contribution < -0.4 is 16.0 Å². The van der Waals surface area contributed by atoms with Crippen LogP contribution in [0.15, 0.2) is 109 Å². The molecule has 3 heterocycles. The average molecular weight is 1240 g/mol. The largest absolute Gasteiger partial charge is 0.469 e. The van der Waals surface area contributed by atoms with Gasteiger partial charge in [0.25, 0.3) is 0 Å². The van der Waals surface area contributed by atoms with Gasteiger partial charge in [-0.05, 0) is 98.9 Å². The highest BCUT2D eigenvalue weighted by Gasteiger charge is 2.48. The van der Waals surface area contributed by atoms with Gasteiger partial charge in [-0.1, -0.05) is 120 Å². The molecule has 0 spiro atoms. The summed E-state index contributed by atoms with van der Waals surface area (Å²) in [7, 11) is 2.88. The van der Waals surface area contributed by atoms with Crippen LogP contribution >= 0.6 is 0 Å². The van der Waals surface area contributed by atoms with E-state index in [1.54, 1.807) is 69.0 Å². The molecule has 7 rings (SSSR count). The Morgan fingerprint density at radius 1 is 0.921 bits per heavy atom. The Labute approximate surface area is 524 Å². The first-order chi connectivity index (χ1) is 42.3. The number of alkyl carbamates (subject to hydrolysis) is 1. The van der Waals surface area contributed by atoms with Crippen LogP contribution in [-0.2, 0) is 54.1 Å². The number of esters is 2. The first-order valence-electron chi connectivity index (χ1n) is 31.5. The number of rotatable bonds is 24. The summed E-state index contributed by atoms with van der Waals surface area (Å²) in [5.74, 6) is -2.85. The second-order valence-corrected chi connectivity index (χ2v) is 25.6. The minimum absolute atomic E-state index is 0.0531. The van der Waals surface area contributed by atoms with Gasteiger partial charge in [-0.15, -0.1) is 0 Å². The lowest BCUT2D eigenvalue weighted by atomic mass is 9.88. The minimum atomic E-state index is -1.22. The van der Waals surface area contributed by atoms with Gasteiger partial charge in [0.2, 0.25) is 11.8 Å². The van der Waals surface area contributed by atoms with Gasteiger partial charge in [0.1, 0.15) is 36.9 Å². The standard InChI is InChI=1S/C69H95N5O15/c1-12-56(76)46(6)63-57(87-63)40-68(8,83)32-17-19-44(4)62-45(5)25-30-58(69(9,85-11)33-31-50(75)39-60(78)89-62)88-67(82)73-34-37-74(38-35-73,36-18-24-59(77)84-10)41-48-26-28-49(29-27-48)71-64(79)47(7)70-65(80)61(43(2)3)72-66(81)86-42-55-53-22-15-13-20-51(53)52-21-14-16-23-54(52)55/h13-17,19-23,25-30,32,43,45-47,50,55-58,61-63,75-76,83H,12,18,24,31,33-42H2,1-11H3,(H2-,70,71,72,79,80,81)/p+1/b30-25+,32-17+,44-19+/t45-,46+,47?,50+,56-,57+,58-,61?,62+,63+,68?,69+/m0/s1. The summed E-state index contributed by atoms with van der Waals surface area (Å²) in [5.41, 5.74) is 4.15. The molecule has 0 saturated carbocycles. The molecular formula is C69H96N5O15+. The van der Waals surface area contributed by atoms with Gasteiger partial charge >= 0.3 is 24.1 Å². The smallest absolute Gasteiger partial charge is 0.410 e. The number of epoxide rings is 1. The number of carbonyl (C=O) groups is 6. The Balaban J connectivity index is 0.952. The van der Waals surface area contributed by atoms with E-state index >= 15 is 0 Å². The van der Waals surface area contributed by atoms with Crippen LogP contribution in [0.4, 0.5) is 15.3 Å². The zero-order valence-corrected chi connectivity index (χ0v) is 53.8. The molecule has 3 aromatic rings. The maximum Gasteiger partial charge on any atom is 0.410 e. The van der Waals surface area contributed by atoms with Crippen LogP contribution in [0, 0.1) is 17.8 Å². The number of aliphatic hydroxyl groups excluding tert-OH is 2. The molecule has 3 unspecified atom stereocenters. The highest BCUT2D eigenvalue weighted by Crippen LogP contribution is 2.45. The van der Waals surface area contributed by atoms with Crippen LogP contribution in [0.25, 0.3) is 11.1 Å². The van der Waals surface area contributed by atoms with Gasteiger partial charge < -0.3 is 64.2 Å². The highest BCUT2D eigenvalue weighted by atomic mass is 16.6. The zero-order valence-electron chi connectivity index (χ0n) is 53.8. The fourth-order valence-electron chi connectivity index (χ4n) is 12.4. The van der Waals surface area contributed by atoms with Crippen molar-refractivity contribution in [1.29, 1.82) is 0 Å². The lowest BCUT2D eigenvalue weighted by Gasteiger charge is -2.45. The van der Waals surface area contributed by atoms with Crippen molar-refractivity contribution >= 4 is 41.6 Å². The van der Waals surface area contributed by atoms with Crippen LogP contribution in [0.2, 0.25) is 0 Å². The van der Waals surface area contributed by atoms with Crippen LogP contribution in [0.3, 0.4) is 0 Å². The van der Waals surface area contributed by atoms with E-state index in [0.717, 1.165) is 27.8 Å². The molecular weight excluding hydrogens is 1140 g/mol. The number of nitrogens with zero attached hydrogens (tertiary/aromatic N) is 2. The number of allylic oxidation sites excluding steroid dienone is 2. The lowest BCUT2D eigenvalue weighted by Crippen LogP contribution is -2.60. The van der Waals surface area contributed by atoms with Crippen molar-refractivity contribution < 1.29 is 77.0 Å². The molecule has 4 amide bonds. The molecule has 1 aliphatic carbocycles. The molecule has 3 aliphatic heterocycles. The van der Waals surface area contributed by atoms with Gasteiger partial charge in [-0.3, -0.25) is 24.1 Å². The number of hydrogen-bond donors (Lipinski definition) is 6. The molecule has 4 aliphatic rings. The van der Waals surface area contributed by atoms with Gasteiger partial charge in [0.05, 0.1) is 82.7 Å². The number of benzene rings is 3. The molecule has 0 bridgehead atoms. The van der Waals surface area contributed by atoms with Crippen molar-refractivity contribution in [1.82, 2.24) is 15.5 Å². The van der Waals surface area contributed by atoms with E-state index in [1.165, 1.54) is 14.2 Å². The van der Waals surface area contributed by atoms with E-state index in [0.29, 0.717) is 74.3 Å². The number of cyclic esters (lactones) is 1. The van der Waals surface area contributed by atoms with Crippen LogP contribution in [0.5, 0.6) is 0 Å². The Morgan fingerprint density at radius 3 is 2.19 bits per heavy atom. The monoisotopic (exact) mass is 1230 g/mol. The molecule has 20 heteroatoms. The van der Waals surface area contributed by atoms with E-state index in [-0.39, 0.29) is 68.2 Å². The topological polar surface area (TPSA) is 261 Å². The zero-order chi connectivity index (χ0) is 64.8.